The van der Waals surface area contributed by atoms with Crippen LogP contribution in [0.5, 0.6) is 0 Å². The average molecular weight is 331 g/mol. The number of carbonyl (C=O) groups excluding carboxylic acids is 1. The van der Waals surface area contributed by atoms with Crippen molar-refractivity contribution in [3.8, 4) is 0 Å². The van der Waals surface area contributed by atoms with Gasteiger partial charge in [-0.3, -0.25) is 10.1 Å². The zero-order valence-corrected chi connectivity index (χ0v) is 14.9. The molecule has 0 unspecified atom stereocenters. The standard InChI is InChI=1S/C16H26N2OS.ClH/c1-4-5-11-20-16-8-6-7-15(12-16)9-10-17-13-18(3)14(2)19;/h6-8,12,17H,4-5,9-11,13H2,1-3H3;1H. The Morgan fingerprint density at radius 1 is 1.38 bits per heavy atom. The number of amides is 1. The number of nitrogens with zero attached hydrogens (tertiary/aromatic N) is 1. The van der Waals surface area contributed by atoms with Crippen LogP contribution in [-0.4, -0.2) is 36.8 Å². The van der Waals surface area contributed by atoms with E-state index in [0.717, 1.165) is 13.0 Å². The summed E-state index contributed by atoms with van der Waals surface area (Å²) in [5, 5.41) is 3.29. The highest BCUT2D eigenvalue weighted by molar-refractivity contribution is 7.99. The molecular weight excluding hydrogens is 304 g/mol. The first kappa shape index (κ1) is 20.3. The van der Waals surface area contributed by atoms with Crippen molar-refractivity contribution in [1.29, 1.82) is 0 Å². The molecule has 0 aliphatic rings. The van der Waals surface area contributed by atoms with Crippen molar-refractivity contribution in [2.75, 3.05) is 26.0 Å². The number of rotatable bonds is 9. The number of halogens is 1. The summed E-state index contributed by atoms with van der Waals surface area (Å²) < 4.78 is 0. The molecule has 21 heavy (non-hydrogen) atoms. The van der Waals surface area contributed by atoms with Crippen LogP contribution in [0.3, 0.4) is 0 Å². The Morgan fingerprint density at radius 3 is 2.81 bits per heavy atom. The first-order valence-corrected chi connectivity index (χ1v) is 8.26. The summed E-state index contributed by atoms with van der Waals surface area (Å²) in [4.78, 5) is 14.1. The molecule has 1 aromatic carbocycles. The lowest BCUT2D eigenvalue weighted by Gasteiger charge is -2.15. The van der Waals surface area contributed by atoms with Gasteiger partial charge < -0.3 is 4.90 Å². The number of carbonyl (C=O) groups is 1. The Morgan fingerprint density at radius 2 is 2.14 bits per heavy atom. The average Bonchev–Trinajstić information content (AvgIpc) is 2.44. The molecule has 5 heteroatoms. The minimum absolute atomic E-state index is 0. The number of unbranched alkanes of at least 4 members (excludes halogenated alkanes) is 1. The second-order valence-electron chi connectivity index (χ2n) is 4.97. The highest BCUT2D eigenvalue weighted by Gasteiger charge is 2.01. The van der Waals surface area contributed by atoms with Crippen molar-refractivity contribution in [1.82, 2.24) is 10.2 Å². The second kappa shape index (κ2) is 11.9. The predicted molar refractivity (Wildman–Crippen MR) is 94.3 cm³/mol. The van der Waals surface area contributed by atoms with E-state index in [9.17, 15) is 4.79 Å². The van der Waals surface area contributed by atoms with Gasteiger partial charge in [0, 0.05) is 25.4 Å². The van der Waals surface area contributed by atoms with Gasteiger partial charge in [0.2, 0.25) is 5.91 Å². The first-order chi connectivity index (χ1) is 9.63. The summed E-state index contributed by atoms with van der Waals surface area (Å²) in [6.07, 6.45) is 3.52. The SMILES string of the molecule is CCCCSc1cccc(CCNCN(C)C(C)=O)c1.Cl. The van der Waals surface area contributed by atoms with Gasteiger partial charge in [-0.2, -0.15) is 0 Å². The van der Waals surface area contributed by atoms with Gasteiger partial charge in [0.25, 0.3) is 0 Å². The van der Waals surface area contributed by atoms with Crippen LogP contribution in [0.25, 0.3) is 0 Å². The molecule has 0 saturated carbocycles. The molecule has 1 rings (SSSR count). The summed E-state index contributed by atoms with van der Waals surface area (Å²) in [5.41, 5.74) is 1.35. The molecule has 1 amide bonds. The summed E-state index contributed by atoms with van der Waals surface area (Å²) >= 11 is 1.93. The van der Waals surface area contributed by atoms with Gasteiger partial charge >= 0.3 is 0 Å². The van der Waals surface area contributed by atoms with Gasteiger partial charge in [-0.05, 0) is 36.3 Å². The molecule has 0 bridgehead atoms. The third kappa shape index (κ3) is 9.02. The molecule has 1 N–H and O–H groups in total. The molecule has 0 aliphatic carbocycles. The number of benzene rings is 1. The quantitative estimate of drug-likeness (QED) is 0.427. The van der Waals surface area contributed by atoms with E-state index < -0.39 is 0 Å². The Bertz CT molecular complexity index is 415. The molecule has 3 nitrogen and oxygen atoms in total. The van der Waals surface area contributed by atoms with E-state index in [1.54, 1.807) is 18.9 Å². The van der Waals surface area contributed by atoms with Crippen LogP contribution in [0.15, 0.2) is 29.2 Å². The lowest BCUT2D eigenvalue weighted by atomic mass is 10.1. The van der Waals surface area contributed by atoms with Crippen LogP contribution in [0.2, 0.25) is 0 Å². The number of thioether (sulfide) groups is 1. The number of hydrogen-bond donors (Lipinski definition) is 1. The minimum Gasteiger partial charge on any atom is -0.333 e. The maximum atomic E-state index is 11.1. The van der Waals surface area contributed by atoms with Gasteiger partial charge in [-0.25, -0.2) is 0 Å². The van der Waals surface area contributed by atoms with Crippen molar-refractivity contribution >= 4 is 30.1 Å². The molecule has 0 radical (unpaired) electrons. The van der Waals surface area contributed by atoms with Crippen LogP contribution in [-0.2, 0) is 11.2 Å². The van der Waals surface area contributed by atoms with Crippen LogP contribution in [0.1, 0.15) is 32.3 Å². The molecule has 0 heterocycles. The third-order valence-corrected chi connectivity index (χ3v) is 4.22. The lowest BCUT2D eigenvalue weighted by Crippen LogP contribution is -2.35. The van der Waals surface area contributed by atoms with Crippen molar-refractivity contribution in [3.63, 3.8) is 0 Å². The van der Waals surface area contributed by atoms with Gasteiger partial charge in [-0.1, -0.05) is 25.5 Å². The minimum atomic E-state index is 0. The first-order valence-electron chi connectivity index (χ1n) is 7.27. The van der Waals surface area contributed by atoms with E-state index in [1.165, 1.54) is 29.1 Å². The number of hydrogen-bond acceptors (Lipinski definition) is 3. The molecule has 0 atom stereocenters. The summed E-state index contributed by atoms with van der Waals surface area (Å²) in [6, 6.07) is 8.75. The van der Waals surface area contributed by atoms with E-state index in [0.29, 0.717) is 6.67 Å². The van der Waals surface area contributed by atoms with Crippen molar-refractivity contribution in [2.24, 2.45) is 0 Å². The summed E-state index contributed by atoms with van der Waals surface area (Å²) in [7, 11) is 1.81. The van der Waals surface area contributed by atoms with E-state index in [4.69, 9.17) is 0 Å². The molecular formula is C16H27ClN2OS. The predicted octanol–water partition coefficient (Wildman–Crippen LogP) is 3.57. The topological polar surface area (TPSA) is 32.3 Å². The molecule has 0 fully saturated rings. The largest absolute Gasteiger partial charge is 0.333 e. The van der Waals surface area contributed by atoms with E-state index >= 15 is 0 Å². The molecule has 0 saturated heterocycles. The fourth-order valence-electron chi connectivity index (χ4n) is 1.72. The van der Waals surface area contributed by atoms with Crippen LogP contribution in [0.4, 0.5) is 0 Å². The second-order valence-corrected chi connectivity index (χ2v) is 6.14. The Kier molecular flexibility index (Phi) is 11.5. The maximum absolute atomic E-state index is 11.1. The van der Waals surface area contributed by atoms with Crippen LogP contribution < -0.4 is 5.32 Å². The Balaban J connectivity index is 0.00000400. The van der Waals surface area contributed by atoms with E-state index in [-0.39, 0.29) is 18.3 Å². The Hall–Kier alpha value is -0.710. The van der Waals surface area contributed by atoms with E-state index in [2.05, 4.69) is 36.5 Å². The van der Waals surface area contributed by atoms with Gasteiger partial charge in [-0.15, -0.1) is 24.2 Å². The van der Waals surface area contributed by atoms with E-state index in [1.807, 2.05) is 11.8 Å². The molecule has 1 aromatic rings. The van der Waals surface area contributed by atoms with Crippen LogP contribution >= 0.6 is 24.2 Å². The fourth-order valence-corrected chi connectivity index (χ4v) is 2.79. The number of nitrogens with one attached hydrogen (secondary N) is 1. The zero-order valence-electron chi connectivity index (χ0n) is 13.2. The normalized spacial score (nSPS) is 10.0. The van der Waals surface area contributed by atoms with Gasteiger partial charge in [0.15, 0.2) is 0 Å². The highest BCUT2D eigenvalue weighted by Crippen LogP contribution is 2.20. The smallest absolute Gasteiger partial charge is 0.220 e. The zero-order chi connectivity index (χ0) is 14.8. The third-order valence-electron chi connectivity index (χ3n) is 3.14. The van der Waals surface area contributed by atoms with Crippen molar-refractivity contribution in [2.45, 2.75) is 38.0 Å². The summed E-state index contributed by atoms with van der Waals surface area (Å²) in [5.74, 6) is 1.29. The molecule has 120 valence electrons. The maximum Gasteiger partial charge on any atom is 0.220 e. The lowest BCUT2D eigenvalue weighted by molar-refractivity contribution is -0.127. The molecule has 0 spiro atoms. The van der Waals surface area contributed by atoms with Crippen molar-refractivity contribution in [3.05, 3.63) is 29.8 Å². The Labute approximate surface area is 139 Å². The molecule has 0 aromatic heterocycles. The van der Waals surface area contributed by atoms with Crippen molar-refractivity contribution < 1.29 is 4.79 Å². The monoisotopic (exact) mass is 330 g/mol. The fraction of sp³-hybridized carbons (Fsp3) is 0.562. The molecule has 0 aliphatic heterocycles. The van der Waals surface area contributed by atoms with Crippen LogP contribution in [0, 0.1) is 0 Å². The summed E-state index contributed by atoms with van der Waals surface area (Å²) in [6.45, 7) is 5.31. The van der Waals surface area contributed by atoms with Gasteiger partial charge in [0.1, 0.15) is 0 Å². The highest BCUT2D eigenvalue weighted by atomic mass is 35.5. The van der Waals surface area contributed by atoms with Gasteiger partial charge in [0.05, 0.1) is 6.67 Å².